The second-order valence-corrected chi connectivity index (χ2v) is 5.61. The average molecular weight is 355 g/mol. The monoisotopic (exact) mass is 354 g/mol. The minimum atomic E-state index is -0.137. The molecule has 1 aromatic heterocycles. The maximum absolute atomic E-state index is 12.0. The standard InChI is InChI=1S/C15H16Cl2N4O2/c1-21-9-11(8-18-21)19-15(22)6-5-14(20-23-2)10-3-4-12(16)13(17)7-10/h3-4,7-9H,5-6H2,1-2H3,(H,19,22). The number of nitrogens with one attached hydrogen (secondary N) is 1. The van der Waals surface area contributed by atoms with Crippen molar-refractivity contribution in [2.45, 2.75) is 12.8 Å². The molecule has 0 saturated heterocycles. The molecule has 8 heteroatoms. The molecular weight excluding hydrogens is 339 g/mol. The number of hydrogen-bond donors (Lipinski definition) is 1. The molecule has 0 fully saturated rings. The van der Waals surface area contributed by atoms with Crippen LogP contribution in [0.1, 0.15) is 18.4 Å². The highest BCUT2D eigenvalue weighted by Gasteiger charge is 2.11. The number of carbonyl (C=O) groups is 1. The fraction of sp³-hybridized carbons (Fsp3) is 0.267. The molecule has 2 aromatic rings. The van der Waals surface area contributed by atoms with Gasteiger partial charge < -0.3 is 10.2 Å². The van der Waals surface area contributed by atoms with Gasteiger partial charge in [-0.2, -0.15) is 5.10 Å². The summed E-state index contributed by atoms with van der Waals surface area (Å²) in [6.45, 7) is 0. The first-order valence-electron chi connectivity index (χ1n) is 6.83. The highest BCUT2D eigenvalue weighted by molar-refractivity contribution is 6.42. The minimum absolute atomic E-state index is 0.137. The molecule has 1 heterocycles. The molecule has 0 atom stereocenters. The largest absolute Gasteiger partial charge is 0.399 e. The van der Waals surface area contributed by atoms with Crippen LogP contribution in [-0.2, 0) is 16.7 Å². The van der Waals surface area contributed by atoms with Crippen LogP contribution in [0.2, 0.25) is 10.0 Å². The van der Waals surface area contributed by atoms with Crippen molar-refractivity contribution in [3.8, 4) is 0 Å². The summed E-state index contributed by atoms with van der Waals surface area (Å²) < 4.78 is 1.61. The van der Waals surface area contributed by atoms with Crippen molar-refractivity contribution in [3.05, 3.63) is 46.2 Å². The van der Waals surface area contributed by atoms with Crippen LogP contribution < -0.4 is 5.32 Å². The molecule has 0 saturated carbocycles. The van der Waals surface area contributed by atoms with E-state index in [-0.39, 0.29) is 12.3 Å². The summed E-state index contributed by atoms with van der Waals surface area (Å²) in [6.07, 6.45) is 3.96. The average Bonchev–Trinajstić information content (AvgIpc) is 2.91. The van der Waals surface area contributed by atoms with Crippen LogP contribution in [0, 0.1) is 0 Å². The normalized spacial score (nSPS) is 11.4. The minimum Gasteiger partial charge on any atom is -0.399 e. The van der Waals surface area contributed by atoms with Gasteiger partial charge in [0, 0.05) is 31.6 Å². The molecular formula is C15H16Cl2N4O2. The third-order valence-electron chi connectivity index (χ3n) is 3.03. The molecule has 0 bridgehead atoms. The van der Waals surface area contributed by atoms with Gasteiger partial charge in [-0.15, -0.1) is 0 Å². The first kappa shape index (κ1) is 17.3. The van der Waals surface area contributed by atoms with E-state index in [0.29, 0.717) is 27.9 Å². The number of rotatable bonds is 6. The lowest BCUT2D eigenvalue weighted by molar-refractivity contribution is -0.116. The lowest BCUT2D eigenvalue weighted by Crippen LogP contribution is -2.13. The molecule has 0 aliphatic rings. The van der Waals surface area contributed by atoms with Gasteiger partial charge in [0.15, 0.2) is 0 Å². The van der Waals surface area contributed by atoms with Gasteiger partial charge in [0.25, 0.3) is 0 Å². The fourth-order valence-corrected chi connectivity index (χ4v) is 2.27. The Bertz CT molecular complexity index is 728. The first-order valence-corrected chi connectivity index (χ1v) is 7.59. The molecule has 122 valence electrons. The zero-order valence-corrected chi connectivity index (χ0v) is 14.2. The van der Waals surface area contributed by atoms with Crippen molar-refractivity contribution in [2.24, 2.45) is 12.2 Å². The van der Waals surface area contributed by atoms with E-state index in [4.69, 9.17) is 28.0 Å². The number of benzene rings is 1. The predicted molar refractivity (Wildman–Crippen MR) is 91.1 cm³/mol. The number of aryl methyl sites for hydroxylation is 1. The summed E-state index contributed by atoms with van der Waals surface area (Å²) in [4.78, 5) is 16.8. The number of halogens is 2. The van der Waals surface area contributed by atoms with Gasteiger partial charge in [-0.1, -0.05) is 34.4 Å². The zero-order chi connectivity index (χ0) is 16.8. The highest BCUT2D eigenvalue weighted by Crippen LogP contribution is 2.23. The van der Waals surface area contributed by atoms with Gasteiger partial charge in [-0.3, -0.25) is 9.48 Å². The number of oxime groups is 1. The zero-order valence-electron chi connectivity index (χ0n) is 12.7. The Morgan fingerprint density at radius 3 is 2.74 bits per heavy atom. The highest BCUT2D eigenvalue weighted by atomic mass is 35.5. The summed E-state index contributed by atoms with van der Waals surface area (Å²) in [5, 5.41) is 11.6. The number of nitrogens with zero attached hydrogens (tertiary/aromatic N) is 3. The van der Waals surface area contributed by atoms with E-state index < -0.39 is 0 Å². The molecule has 1 N–H and O–H groups in total. The maximum atomic E-state index is 12.0. The van der Waals surface area contributed by atoms with E-state index in [0.717, 1.165) is 5.56 Å². The van der Waals surface area contributed by atoms with E-state index in [9.17, 15) is 4.79 Å². The summed E-state index contributed by atoms with van der Waals surface area (Å²) in [6, 6.07) is 5.16. The first-order chi connectivity index (χ1) is 11.0. The summed E-state index contributed by atoms with van der Waals surface area (Å²) in [5.74, 6) is -0.137. The Labute approximate surface area is 144 Å². The number of hydrogen-bond acceptors (Lipinski definition) is 4. The van der Waals surface area contributed by atoms with Crippen LogP contribution in [0.5, 0.6) is 0 Å². The number of aromatic nitrogens is 2. The lowest BCUT2D eigenvalue weighted by atomic mass is 10.1. The quantitative estimate of drug-likeness (QED) is 0.637. The molecule has 6 nitrogen and oxygen atoms in total. The van der Waals surface area contributed by atoms with Gasteiger partial charge in [0.05, 0.1) is 27.6 Å². The number of amides is 1. The van der Waals surface area contributed by atoms with Crippen molar-refractivity contribution in [3.63, 3.8) is 0 Å². The smallest absolute Gasteiger partial charge is 0.224 e. The topological polar surface area (TPSA) is 68.5 Å². The third-order valence-corrected chi connectivity index (χ3v) is 3.77. The predicted octanol–water partition coefficient (Wildman–Crippen LogP) is 3.50. The second-order valence-electron chi connectivity index (χ2n) is 4.80. The SMILES string of the molecule is CON=C(CCC(=O)Nc1cnn(C)c1)c1ccc(Cl)c(Cl)c1. The van der Waals surface area contributed by atoms with Crippen LogP contribution in [0.3, 0.4) is 0 Å². The van der Waals surface area contributed by atoms with Crippen LogP contribution in [0.25, 0.3) is 0 Å². The number of carbonyl (C=O) groups excluding carboxylic acids is 1. The van der Waals surface area contributed by atoms with Crippen molar-refractivity contribution >= 4 is 40.5 Å². The van der Waals surface area contributed by atoms with Gasteiger partial charge >= 0.3 is 0 Å². The van der Waals surface area contributed by atoms with Crippen molar-refractivity contribution < 1.29 is 9.63 Å². The molecule has 0 aliphatic heterocycles. The Morgan fingerprint density at radius 2 is 2.13 bits per heavy atom. The molecule has 23 heavy (non-hydrogen) atoms. The van der Waals surface area contributed by atoms with Gasteiger partial charge in [-0.25, -0.2) is 0 Å². The Morgan fingerprint density at radius 1 is 1.35 bits per heavy atom. The second kappa shape index (κ2) is 7.99. The Hall–Kier alpha value is -2.05. The molecule has 0 spiro atoms. The lowest BCUT2D eigenvalue weighted by Gasteiger charge is -2.07. The van der Waals surface area contributed by atoms with Crippen LogP contribution in [-0.4, -0.2) is 28.5 Å². The molecule has 2 rings (SSSR count). The summed E-state index contributed by atoms with van der Waals surface area (Å²) in [7, 11) is 3.23. The Kier molecular flexibility index (Phi) is 6.01. The fourth-order valence-electron chi connectivity index (χ4n) is 1.97. The van der Waals surface area contributed by atoms with Crippen LogP contribution in [0.4, 0.5) is 5.69 Å². The van der Waals surface area contributed by atoms with E-state index in [1.165, 1.54) is 7.11 Å². The van der Waals surface area contributed by atoms with E-state index in [1.54, 1.807) is 42.3 Å². The van der Waals surface area contributed by atoms with Gasteiger partial charge in [0.1, 0.15) is 7.11 Å². The Balaban J connectivity index is 2.01. The van der Waals surface area contributed by atoms with E-state index in [2.05, 4.69) is 15.6 Å². The van der Waals surface area contributed by atoms with E-state index in [1.807, 2.05) is 0 Å². The summed E-state index contributed by atoms with van der Waals surface area (Å²) in [5.41, 5.74) is 2.03. The van der Waals surface area contributed by atoms with Crippen molar-refractivity contribution in [1.29, 1.82) is 0 Å². The number of anilines is 1. The molecule has 0 radical (unpaired) electrons. The molecule has 1 amide bonds. The summed E-state index contributed by atoms with van der Waals surface area (Å²) >= 11 is 11.9. The van der Waals surface area contributed by atoms with Crippen LogP contribution in [0.15, 0.2) is 35.7 Å². The third kappa shape index (κ3) is 4.97. The molecule has 0 unspecified atom stereocenters. The van der Waals surface area contributed by atoms with Crippen LogP contribution >= 0.6 is 23.2 Å². The molecule has 1 aromatic carbocycles. The van der Waals surface area contributed by atoms with Gasteiger partial charge in [0.2, 0.25) is 5.91 Å². The van der Waals surface area contributed by atoms with Gasteiger partial charge in [-0.05, 0) is 12.1 Å². The molecule has 0 aliphatic carbocycles. The maximum Gasteiger partial charge on any atom is 0.224 e. The van der Waals surface area contributed by atoms with E-state index >= 15 is 0 Å². The van der Waals surface area contributed by atoms with Crippen molar-refractivity contribution in [2.75, 3.05) is 12.4 Å². The van der Waals surface area contributed by atoms with Crippen molar-refractivity contribution in [1.82, 2.24) is 9.78 Å².